The molecule has 3 nitrogen and oxygen atoms in total. The normalized spacial score (nSPS) is 18.4. The highest BCUT2D eigenvalue weighted by molar-refractivity contribution is 5.82. The molecular formula is C30H32N2O. The molecule has 2 atom stereocenters. The Morgan fingerprint density at radius 3 is 2.45 bits per heavy atom. The van der Waals surface area contributed by atoms with E-state index < -0.39 is 0 Å². The van der Waals surface area contributed by atoms with Crippen LogP contribution < -0.4 is 10.2 Å². The van der Waals surface area contributed by atoms with Crippen molar-refractivity contribution in [1.29, 1.82) is 0 Å². The highest BCUT2D eigenvalue weighted by Gasteiger charge is 2.27. The van der Waals surface area contributed by atoms with Gasteiger partial charge in [0.25, 0.3) is 0 Å². The van der Waals surface area contributed by atoms with Crippen LogP contribution >= 0.6 is 0 Å². The fourth-order valence-corrected chi connectivity index (χ4v) is 4.82. The smallest absolute Gasteiger partial charge is 0.0772 e. The predicted molar refractivity (Wildman–Crippen MR) is 139 cm³/mol. The van der Waals surface area contributed by atoms with Crippen LogP contribution in [0.2, 0.25) is 0 Å². The molecule has 168 valence electrons. The first-order valence-electron chi connectivity index (χ1n) is 11.8. The number of nitrogens with one attached hydrogen (secondary N) is 1. The monoisotopic (exact) mass is 436 g/mol. The summed E-state index contributed by atoms with van der Waals surface area (Å²) in [6.45, 7) is 2.56. The number of rotatable bonds is 6. The molecule has 1 fully saturated rings. The average Bonchev–Trinajstić information content (AvgIpc) is 2.87. The molecule has 3 heteroatoms. The minimum absolute atomic E-state index is 0.164. The molecule has 1 aliphatic rings. The summed E-state index contributed by atoms with van der Waals surface area (Å²) in [5, 5.41) is 6.07. The van der Waals surface area contributed by atoms with E-state index in [9.17, 15) is 0 Å². The van der Waals surface area contributed by atoms with Gasteiger partial charge in [0.15, 0.2) is 0 Å². The lowest BCUT2D eigenvalue weighted by Gasteiger charge is -2.33. The van der Waals surface area contributed by atoms with Crippen molar-refractivity contribution < 1.29 is 4.74 Å². The summed E-state index contributed by atoms with van der Waals surface area (Å²) in [4.78, 5) is 2.13. The van der Waals surface area contributed by atoms with Gasteiger partial charge >= 0.3 is 0 Å². The lowest BCUT2D eigenvalue weighted by atomic mass is 9.86. The van der Waals surface area contributed by atoms with E-state index in [-0.39, 0.29) is 6.10 Å². The molecule has 0 aliphatic carbocycles. The third-order valence-electron chi connectivity index (χ3n) is 6.74. The lowest BCUT2D eigenvalue weighted by molar-refractivity contribution is 0.0107. The number of anilines is 1. The summed E-state index contributed by atoms with van der Waals surface area (Å²) < 4.78 is 6.50. The van der Waals surface area contributed by atoms with Crippen molar-refractivity contribution in [2.24, 2.45) is 0 Å². The maximum absolute atomic E-state index is 6.50. The molecule has 0 aromatic heterocycles. The van der Waals surface area contributed by atoms with Gasteiger partial charge in [-0.15, -0.1) is 0 Å². The Bertz CT molecular complexity index is 1220. The van der Waals surface area contributed by atoms with Gasteiger partial charge in [0, 0.05) is 32.2 Å². The summed E-state index contributed by atoms with van der Waals surface area (Å²) in [5.41, 5.74) is 6.34. The Hall–Kier alpha value is -3.14. The molecule has 0 bridgehead atoms. The number of ether oxygens (including phenoxy) is 1. The molecule has 5 rings (SSSR count). The van der Waals surface area contributed by atoms with Gasteiger partial charge in [-0.1, -0.05) is 72.8 Å². The van der Waals surface area contributed by atoms with Gasteiger partial charge in [-0.3, -0.25) is 0 Å². The van der Waals surface area contributed by atoms with Gasteiger partial charge in [-0.05, 0) is 64.2 Å². The maximum atomic E-state index is 6.50. The van der Waals surface area contributed by atoms with E-state index in [1.807, 2.05) is 0 Å². The van der Waals surface area contributed by atoms with E-state index in [4.69, 9.17) is 4.74 Å². The number of nitrogens with zero attached hydrogens (tertiary/aromatic N) is 1. The Morgan fingerprint density at radius 2 is 1.64 bits per heavy atom. The first-order valence-corrected chi connectivity index (χ1v) is 11.8. The molecule has 1 aliphatic heterocycles. The molecule has 0 unspecified atom stereocenters. The molecular weight excluding hydrogens is 404 g/mol. The van der Waals surface area contributed by atoms with Crippen molar-refractivity contribution in [1.82, 2.24) is 5.32 Å². The molecule has 0 radical (unpaired) electrons. The van der Waals surface area contributed by atoms with Gasteiger partial charge in [0.2, 0.25) is 0 Å². The highest BCUT2D eigenvalue weighted by atomic mass is 16.5. The minimum atomic E-state index is 0.164. The quantitative estimate of drug-likeness (QED) is 0.387. The second-order valence-electron chi connectivity index (χ2n) is 9.20. The average molecular weight is 437 g/mol. The molecule has 1 saturated heterocycles. The molecule has 0 spiro atoms. The molecule has 4 aromatic rings. The van der Waals surface area contributed by atoms with Crippen molar-refractivity contribution in [2.75, 3.05) is 32.1 Å². The minimum Gasteiger partial charge on any atom is -0.378 e. The summed E-state index contributed by atoms with van der Waals surface area (Å²) in [6.07, 6.45) is 1.25. The van der Waals surface area contributed by atoms with E-state index in [2.05, 4.69) is 115 Å². The van der Waals surface area contributed by atoms with Gasteiger partial charge in [-0.25, -0.2) is 0 Å². The standard InChI is InChI=1S/C30H32N2O/c1-32(2)28-14-12-24(13-15-28)26-8-5-9-27(19-26)29-16-17-31-20-30(29)33-21-22-10-11-23-6-3-4-7-25(23)18-22/h3-15,18-19,29-31H,16-17,20-21H2,1-2H3/t29-,30+/m1/s1. The van der Waals surface area contributed by atoms with E-state index in [1.54, 1.807) is 0 Å². The SMILES string of the molecule is CN(C)c1ccc(-c2cccc([C@H]3CCNC[C@@H]3OCc3ccc4ccccc4c3)c2)cc1. The number of benzene rings is 4. The van der Waals surface area contributed by atoms with Crippen LogP contribution in [0.4, 0.5) is 5.69 Å². The van der Waals surface area contributed by atoms with Crippen LogP contribution in [0.3, 0.4) is 0 Å². The van der Waals surface area contributed by atoms with Crippen LogP contribution in [0.1, 0.15) is 23.5 Å². The topological polar surface area (TPSA) is 24.5 Å². The Kier molecular flexibility index (Phi) is 6.43. The zero-order chi connectivity index (χ0) is 22.6. The van der Waals surface area contributed by atoms with Crippen molar-refractivity contribution in [3.63, 3.8) is 0 Å². The van der Waals surface area contributed by atoms with Crippen LogP contribution in [-0.2, 0) is 11.3 Å². The van der Waals surface area contributed by atoms with Crippen LogP contribution in [0.5, 0.6) is 0 Å². The summed E-state index contributed by atoms with van der Waals surface area (Å²) in [7, 11) is 4.15. The van der Waals surface area contributed by atoms with E-state index in [0.29, 0.717) is 12.5 Å². The largest absolute Gasteiger partial charge is 0.378 e. The number of piperidine rings is 1. The highest BCUT2D eigenvalue weighted by Crippen LogP contribution is 2.32. The zero-order valence-corrected chi connectivity index (χ0v) is 19.5. The van der Waals surface area contributed by atoms with Crippen LogP contribution in [0.15, 0.2) is 91.0 Å². The van der Waals surface area contributed by atoms with Crippen LogP contribution in [0.25, 0.3) is 21.9 Å². The Balaban J connectivity index is 1.33. The predicted octanol–water partition coefficient (Wildman–Crippen LogP) is 6.24. The van der Waals surface area contributed by atoms with Crippen molar-refractivity contribution in [3.05, 3.63) is 102 Å². The summed E-state index contributed by atoms with van der Waals surface area (Å²) in [6, 6.07) is 32.9. The second-order valence-corrected chi connectivity index (χ2v) is 9.20. The Labute approximate surface area is 197 Å². The number of fused-ring (bicyclic) bond motifs is 1. The lowest BCUT2D eigenvalue weighted by Crippen LogP contribution is -2.41. The number of hydrogen-bond donors (Lipinski definition) is 1. The fraction of sp³-hybridized carbons (Fsp3) is 0.267. The third kappa shape index (κ3) is 4.95. The number of hydrogen-bond acceptors (Lipinski definition) is 3. The van der Waals surface area contributed by atoms with Crippen molar-refractivity contribution >= 4 is 16.5 Å². The molecule has 1 N–H and O–H groups in total. The third-order valence-corrected chi connectivity index (χ3v) is 6.74. The van der Waals surface area contributed by atoms with Gasteiger partial charge in [0.05, 0.1) is 12.7 Å². The maximum Gasteiger partial charge on any atom is 0.0772 e. The molecule has 0 saturated carbocycles. The second kappa shape index (κ2) is 9.78. The fourth-order valence-electron chi connectivity index (χ4n) is 4.82. The molecule has 33 heavy (non-hydrogen) atoms. The summed E-state index contributed by atoms with van der Waals surface area (Å²) in [5.74, 6) is 0.396. The first kappa shape index (κ1) is 21.7. The van der Waals surface area contributed by atoms with E-state index in [0.717, 1.165) is 19.5 Å². The molecule has 0 amide bonds. The Morgan fingerprint density at radius 1 is 0.818 bits per heavy atom. The van der Waals surface area contributed by atoms with Crippen LogP contribution in [0, 0.1) is 0 Å². The van der Waals surface area contributed by atoms with Crippen molar-refractivity contribution in [3.8, 4) is 11.1 Å². The van der Waals surface area contributed by atoms with Crippen molar-refractivity contribution in [2.45, 2.75) is 25.0 Å². The summed E-state index contributed by atoms with van der Waals surface area (Å²) >= 11 is 0. The van der Waals surface area contributed by atoms with Gasteiger partial charge in [-0.2, -0.15) is 0 Å². The molecule has 1 heterocycles. The first-order chi connectivity index (χ1) is 16.2. The van der Waals surface area contributed by atoms with E-state index >= 15 is 0 Å². The van der Waals surface area contributed by atoms with Gasteiger partial charge < -0.3 is 15.0 Å². The van der Waals surface area contributed by atoms with Crippen LogP contribution in [-0.4, -0.2) is 33.3 Å². The van der Waals surface area contributed by atoms with E-state index in [1.165, 1.54) is 38.7 Å². The van der Waals surface area contributed by atoms with Gasteiger partial charge in [0.1, 0.15) is 0 Å². The zero-order valence-electron chi connectivity index (χ0n) is 19.5. The molecule has 4 aromatic carbocycles.